The topological polar surface area (TPSA) is 66.2 Å². The summed E-state index contributed by atoms with van der Waals surface area (Å²) in [6.45, 7) is 0.853. The Balaban J connectivity index is 1.36. The molecule has 0 bridgehead atoms. The van der Waals surface area contributed by atoms with Gasteiger partial charge in [0.15, 0.2) is 0 Å². The molecule has 0 aliphatic heterocycles. The van der Waals surface area contributed by atoms with Crippen molar-refractivity contribution in [3.63, 3.8) is 0 Å². The number of benzene rings is 3. The van der Waals surface area contributed by atoms with Crippen LogP contribution in [-0.4, -0.2) is 34.1 Å². The molecule has 0 unspecified atom stereocenters. The fourth-order valence-corrected chi connectivity index (χ4v) is 2.67. The van der Waals surface area contributed by atoms with Crippen LogP contribution in [0.4, 0.5) is 0 Å². The zero-order valence-corrected chi connectivity index (χ0v) is 14.5. The Morgan fingerprint density at radius 2 is 1.41 bits per heavy atom. The molecule has 0 N–H and O–H groups in total. The Bertz CT molecular complexity index is 1040. The van der Waals surface area contributed by atoms with Gasteiger partial charge in [0, 0.05) is 5.56 Å². The fraction of sp³-hybridized carbons (Fsp3) is 0.0952. The summed E-state index contributed by atoms with van der Waals surface area (Å²) in [5.74, 6) is 1.25. The van der Waals surface area contributed by atoms with Crippen molar-refractivity contribution in [2.45, 2.75) is 0 Å². The van der Waals surface area contributed by atoms with Crippen LogP contribution in [0.1, 0.15) is 10.4 Å². The van der Waals surface area contributed by atoms with Gasteiger partial charge in [0.1, 0.15) is 30.2 Å². The lowest BCUT2D eigenvalue weighted by Crippen LogP contribution is -2.14. The zero-order valence-electron chi connectivity index (χ0n) is 14.5. The second kappa shape index (κ2) is 7.70. The lowest BCUT2D eigenvalue weighted by molar-refractivity contribution is 0.0948. The summed E-state index contributed by atoms with van der Waals surface area (Å²) in [5.41, 5.74) is 1.88. The number of ether oxygens (including phenoxy) is 2. The lowest BCUT2D eigenvalue weighted by Gasteiger charge is -2.09. The van der Waals surface area contributed by atoms with Gasteiger partial charge in [-0.05, 0) is 48.5 Å². The molecule has 0 saturated heterocycles. The van der Waals surface area contributed by atoms with Crippen LogP contribution >= 0.6 is 0 Å². The van der Waals surface area contributed by atoms with Crippen LogP contribution in [0.25, 0.3) is 11.0 Å². The van der Waals surface area contributed by atoms with Crippen molar-refractivity contribution in [3.05, 3.63) is 84.4 Å². The van der Waals surface area contributed by atoms with Crippen LogP contribution in [0.3, 0.4) is 0 Å². The molecule has 0 atom stereocenters. The average Bonchev–Trinajstić information content (AvgIpc) is 3.16. The van der Waals surface area contributed by atoms with Crippen molar-refractivity contribution in [1.29, 1.82) is 0 Å². The summed E-state index contributed by atoms with van der Waals surface area (Å²) in [7, 11) is 0. The minimum Gasteiger partial charge on any atom is -0.490 e. The van der Waals surface area contributed by atoms with E-state index in [0.29, 0.717) is 35.6 Å². The second-order valence-corrected chi connectivity index (χ2v) is 5.83. The molecule has 0 spiro atoms. The Labute approximate surface area is 156 Å². The number of fused-ring (bicyclic) bond motifs is 1. The largest absolute Gasteiger partial charge is 0.490 e. The molecule has 0 saturated carbocycles. The number of hydrogen-bond acceptors (Lipinski definition) is 5. The average molecular weight is 359 g/mol. The van der Waals surface area contributed by atoms with Gasteiger partial charge < -0.3 is 9.47 Å². The molecule has 6 heteroatoms. The quantitative estimate of drug-likeness (QED) is 0.492. The van der Waals surface area contributed by atoms with Gasteiger partial charge in [0.05, 0.1) is 5.52 Å². The van der Waals surface area contributed by atoms with Gasteiger partial charge in [-0.1, -0.05) is 35.5 Å². The molecule has 3 aromatic carbocycles. The van der Waals surface area contributed by atoms with E-state index in [1.54, 1.807) is 24.3 Å². The van der Waals surface area contributed by atoms with E-state index in [1.807, 2.05) is 54.6 Å². The van der Waals surface area contributed by atoms with Gasteiger partial charge >= 0.3 is 0 Å². The Hall–Kier alpha value is -3.67. The van der Waals surface area contributed by atoms with Crippen LogP contribution in [0.5, 0.6) is 11.5 Å². The zero-order chi connectivity index (χ0) is 18.5. The number of carbonyl (C=O) groups is 1. The molecule has 134 valence electrons. The minimum absolute atomic E-state index is 0.234. The van der Waals surface area contributed by atoms with E-state index in [0.717, 1.165) is 5.75 Å². The van der Waals surface area contributed by atoms with Crippen molar-refractivity contribution >= 4 is 16.9 Å². The van der Waals surface area contributed by atoms with Crippen molar-refractivity contribution in [3.8, 4) is 11.5 Å². The monoisotopic (exact) mass is 359 g/mol. The van der Waals surface area contributed by atoms with Crippen molar-refractivity contribution in [1.82, 2.24) is 15.0 Å². The number of carbonyl (C=O) groups excluding carboxylic acids is 1. The van der Waals surface area contributed by atoms with Gasteiger partial charge in [-0.2, -0.15) is 4.68 Å². The Morgan fingerprint density at radius 3 is 2.15 bits per heavy atom. The molecular weight excluding hydrogens is 342 g/mol. The highest BCUT2D eigenvalue weighted by atomic mass is 16.5. The predicted molar refractivity (Wildman–Crippen MR) is 101 cm³/mol. The molecule has 4 rings (SSSR count). The fourth-order valence-electron chi connectivity index (χ4n) is 2.67. The van der Waals surface area contributed by atoms with E-state index in [4.69, 9.17) is 9.47 Å². The van der Waals surface area contributed by atoms with Gasteiger partial charge in [0.2, 0.25) is 0 Å². The van der Waals surface area contributed by atoms with E-state index >= 15 is 0 Å². The summed E-state index contributed by atoms with van der Waals surface area (Å²) in [4.78, 5) is 12.6. The molecule has 0 radical (unpaired) electrons. The summed E-state index contributed by atoms with van der Waals surface area (Å²) < 4.78 is 12.5. The molecule has 4 aromatic rings. The van der Waals surface area contributed by atoms with E-state index in [2.05, 4.69) is 10.3 Å². The molecule has 0 aliphatic rings. The standard InChI is InChI=1S/C21H17N3O3/c25-21(24-20-9-5-4-8-19(20)22-23-24)16-10-12-18(13-11-16)27-15-14-26-17-6-2-1-3-7-17/h1-13H,14-15H2. The smallest absolute Gasteiger partial charge is 0.280 e. The highest BCUT2D eigenvalue weighted by Crippen LogP contribution is 2.16. The van der Waals surface area contributed by atoms with Crippen LogP contribution < -0.4 is 9.47 Å². The summed E-state index contributed by atoms with van der Waals surface area (Å²) in [6, 6.07) is 23.9. The van der Waals surface area contributed by atoms with Crippen LogP contribution in [0, 0.1) is 0 Å². The minimum atomic E-state index is -0.234. The summed E-state index contributed by atoms with van der Waals surface area (Å²) >= 11 is 0. The Morgan fingerprint density at radius 1 is 0.778 bits per heavy atom. The summed E-state index contributed by atoms with van der Waals surface area (Å²) in [5, 5.41) is 7.96. The van der Waals surface area contributed by atoms with Gasteiger partial charge in [-0.25, -0.2) is 0 Å². The third-order valence-corrected chi connectivity index (χ3v) is 4.01. The van der Waals surface area contributed by atoms with E-state index < -0.39 is 0 Å². The first-order valence-corrected chi connectivity index (χ1v) is 8.57. The van der Waals surface area contributed by atoms with Crippen molar-refractivity contribution in [2.75, 3.05) is 13.2 Å². The third kappa shape index (κ3) is 3.79. The molecule has 0 fully saturated rings. The molecule has 6 nitrogen and oxygen atoms in total. The number of aromatic nitrogens is 3. The van der Waals surface area contributed by atoms with Crippen LogP contribution in [0.2, 0.25) is 0 Å². The van der Waals surface area contributed by atoms with Crippen molar-refractivity contribution < 1.29 is 14.3 Å². The van der Waals surface area contributed by atoms with Crippen molar-refractivity contribution in [2.24, 2.45) is 0 Å². The number of nitrogens with zero attached hydrogens (tertiary/aromatic N) is 3. The van der Waals surface area contributed by atoms with Gasteiger partial charge in [-0.15, -0.1) is 5.10 Å². The molecular formula is C21H17N3O3. The van der Waals surface area contributed by atoms with Crippen LogP contribution in [-0.2, 0) is 0 Å². The lowest BCUT2D eigenvalue weighted by atomic mass is 10.2. The summed E-state index contributed by atoms with van der Waals surface area (Å²) in [6.07, 6.45) is 0. The van der Waals surface area contributed by atoms with Gasteiger partial charge in [-0.3, -0.25) is 4.79 Å². The normalized spacial score (nSPS) is 10.7. The maximum Gasteiger partial charge on any atom is 0.280 e. The first-order chi connectivity index (χ1) is 13.3. The van der Waals surface area contributed by atoms with E-state index in [-0.39, 0.29) is 5.91 Å². The van der Waals surface area contributed by atoms with E-state index in [9.17, 15) is 4.79 Å². The molecule has 0 amide bonds. The highest BCUT2D eigenvalue weighted by Gasteiger charge is 2.13. The maximum atomic E-state index is 12.6. The number of rotatable bonds is 6. The van der Waals surface area contributed by atoms with E-state index in [1.165, 1.54) is 4.68 Å². The Kier molecular flexibility index (Phi) is 4.78. The molecule has 0 aliphatic carbocycles. The molecule has 1 aromatic heterocycles. The predicted octanol–water partition coefficient (Wildman–Crippen LogP) is 3.58. The first-order valence-electron chi connectivity index (χ1n) is 8.57. The second-order valence-electron chi connectivity index (χ2n) is 5.83. The molecule has 1 heterocycles. The highest BCUT2D eigenvalue weighted by molar-refractivity contribution is 6.00. The number of para-hydroxylation sites is 2. The SMILES string of the molecule is O=C(c1ccc(OCCOc2ccccc2)cc1)n1nnc2ccccc21. The molecule has 27 heavy (non-hydrogen) atoms. The first kappa shape index (κ1) is 16.8. The van der Waals surface area contributed by atoms with Gasteiger partial charge in [0.25, 0.3) is 5.91 Å². The van der Waals surface area contributed by atoms with Crippen LogP contribution in [0.15, 0.2) is 78.9 Å². The number of hydrogen-bond donors (Lipinski definition) is 0. The maximum absolute atomic E-state index is 12.6. The third-order valence-electron chi connectivity index (χ3n) is 4.01.